The molecule has 2 aromatic rings. The standard InChI is InChI=1S/C27H31N3O4/c1-32-25-5-3-2-4-23(25)26-18-33-22(17-34-26)11-14-29-12-9-21(10-13-29)30-15-8-19-6-7-20(27(28)31)16-24(19)30/h3,5-8,15-18,21H,2,4,9-14H2,1H3,(H2,28,31). The van der Waals surface area contributed by atoms with Gasteiger partial charge < -0.3 is 29.4 Å². The highest BCUT2D eigenvalue weighted by Crippen LogP contribution is 2.31. The Kier molecular flexibility index (Phi) is 6.45. The number of carbonyl (C=O) groups excluding carboxylic acids is 1. The van der Waals surface area contributed by atoms with E-state index >= 15 is 0 Å². The molecular formula is C27H31N3O4. The summed E-state index contributed by atoms with van der Waals surface area (Å²) in [5.41, 5.74) is 8.16. The molecule has 1 aromatic heterocycles. The molecule has 7 heteroatoms. The van der Waals surface area contributed by atoms with E-state index in [9.17, 15) is 4.79 Å². The third-order valence-corrected chi connectivity index (χ3v) is 6.91. The maximum atomic E-state index is 11.6. The summed E-state index contributed by atoms with van der Waals surface area (Å²) >= 11 is 0. The van der Waals surface area contributed by atoms with Gasteiger partial charge in [-0.1, -0.05) is 12.1 Å². The Balaban J connectivity index is 1.13. The molecule has 1 amide bonds. The lowest BCUT2D eigenvalue weighted by atomic mass is 10.0. The number of rotatable bonds is 7. The number of nitrogens with two attached hydrogens (primary N) is 1. The third kappa shape index (κ3) is 4.61. The summed E-state index contributed by atoms with van der Waals surface area (Å²) in [5.74, 6) is 2.01. The molecule has 0 atom stereocenters. The van der Waals surface area contributed by atoms with Gasteiger partial charge in [0.15, 0.2) is 5.76 Å². The number of benzene rings is 1. The molecule has 0 bridgehead atoms. The van der Waals surface area contributed by atoms with Crippen molar-refractivity contribution >= 4 is 16.8 Å². The topological polar surface area (TPSA) is 79.0 Å². The minimum Gasteiger partial charge on any atom is -0.496 e. The van der Waals surface area contributed by atoms with E-state index in [4.69, 9.17) is 19.9 Å². The van der Waals surface area contributed by atoms with Crippen molar-refractivity contribution in [2.45, 2.75) is 38.1 Å². The van der Waals surface area contributed by atoms with E-state index in [1.54, 1.807) is 25.7 Å². The Morgan fingerprint density at radius 1 is 1.18 bits per heavy atom. The highest BCUT2D eigenvalue weighted by Gasteiger charge is 2.23. The first kappa shape index (κ1) is 22.3. The molecule has 5 rings (SSSR count). The highest BCUT2D eigenvalue weighted by atomic mass is 16.5. The fourth-order valence-electron chi connectivity index (χ4n) is 4.96. The van der Waals surface area contributed by atoms with Gasteiger partial charge in [-0.25, -0.2) is 0 Å². The van der Waals surface area contributed by atoms with Crippen LogP contribution in [0.3, 0.4) is 0 Å². The number of methoxy groups -OCH3 is 1. The Morgan fingerprint density at radius 3 is 2.76 bits per heavy atom. The maximum absolute atomic E-state index is 11.6. The number of amides is 1. The number of primary amides is 1. The molecule has 7 nitrogen and oxygen atoms in total. The minimum absolute atomic E-state index is 0.388. The van der Waals surface area contributed by atoms with E-state index in [1.807, 2.05) is 18.2 Å². The second kappa shape index (κ2) is 9.81. The van der Waals surface area contributed by atoms with Gasteiger partial charge in [-0.3, -0.25) is 4.79 Å². The SMILES string of the molecule is COC1=C(C2=COC(CCN3CCC(n4ccc5ccc(C(N)=O)cc54)CC3)=CO2)CCC=C1. The summed E-state index contributed by atoms with van der Waals surface area (Å²) in [7, 11) is 1.68. The predicted octanol–water partition coefficient (Wildman–Crippen LogP) is 4.75. The number of hydrogen-bond donors (Lipinski definition) is 1. The summed E-state index contributed by atoms with van der Waals surface area (Å²) in [6.07, 6.45) is 14.4. The van der Waals surface area contributed by atoms with E-state index in [2.05, 4.69) is 27.8 Å². The molecule has 0 spiro atoms. The Morgan fingerprint density at radius 2 is 2.03 bits per heavy atom. The van der Waals surface area contributed by atoms with Gasteiger partial charge in [0.05, 0.1) is 7.11 Å². The molecule has 178 valence electrons. The Bertz CT molecular complexity index is 1200. The van der Waals surface area contributed by atoms with Crippen molar-refractivity contribution in [2.75, 3.05) is 26.7 Å². The quantitative estimate of drug-likeness (QED) is 0.644. The van der Waals surface area contributed by atoms with E-state index in [0.29, 0.717) is 11.6 Å². The lowest BCUT2D eigenvalue weighted by Gasteiger charge is -2.33. The van der Waals surface area contributed by atoms with Crippen LogP contribution < -0.4 is 5.73 Å². The average Bonchev–Trinajstić information content (AvgIpc) is 3.31. The molecule has 1 aliphatic carbocycles. The number of fused-ring (bicyclic) bond motifs is 1. The molecule has 2 aliphatic heterocycles. The monoisotopic (exact) mass is 461 g/mol. The van der Waals surface area contributed by atoms with Crippen molar-refractivity contribution in [1.82, 2.24) is 9.47 Å². The van der Waals surface area contributed by atoms with Gasteiger partial charge >= 0.3 is 0 Å². The van der Waals surface area contributed by atoms with E-state index in [1.165, 1.54) is 0 Å². The molecule has 34 heavy (non-hydrogen) atoms. The first-order chi connectivity index (χ1) is 16.6. The van der Waals surface area contributed by atoms with Crippen molar-refractivity contribution in [3.8, 4) is 0 Å². The van der Waals surface area contributed by atoms with Crippen LogP contribution in [0.2, 0.25) is 0 Å². The van der Waals surface area contributed by atoms with Gasteiger partial charge in [-0.15, -0.1) is 0 Å². The molecular weight excluding hydrogens is 430 g/mol. The van der Waals surface area contributed by atoms with Crippen LogP contribution in [0.15, 0.2) is 78.0 Å². The molecule has 3 aliphatic rings. The van der Waals surface area contributed by atoms with Crippen molar-refractivity contribution < 1.29 is 19.0 Å². The van der Waals surface area contributed by atoms with Gasteiger partial charge in [-0.2, -0.15) is 0 Å². The maximum Gasteiger partial charge on any atom is 0.248 e. The second-order valence-corrected chi connectivity index (χ2v) is 8.97. The van der Waals surface area contributed by atoms with Crippen molar-refractivity contribution in [2.24, 2.45) is 5.73 Å². The zero-order valence-electron chi connectivity index (χ0n) is 19.5. The van der Waals surface area contributed by atoms with Gasteiger partial charge in [0.1, 0.15) is 24.0 Å². The lowest BCUT2D eigenvalue weighted by Crippen LogP contribution is -2.35. The van der Waals surface area contributed by atoms with Crippen LogP contribution in [-0.2, 0) is 14.2 Å². The molecule has 3 heterocycles. The Hall–Kier alpha value is -3.45. The number of likely N-dealkylation sites (tertiary alicyclic amines) is 1. The van der Waals surface area contributed by atoms with Crippen LogP contribution in [0.25, 0.3) is 10.9 Å². The molecule has 0 saturated carbocycles. The number of piperidine rings is 1. The average molecular weight is 462 g/mol. The number of nitrogens with zero attached hydrogens (tertiary/aromatic N) is 2. The van der Waals surface area contributed by atoms with Crippen LogP contribution in [0, 0.1) is 0 Å². The zero-order valence-corrected chi connectivity index (χ0v) is 19.5. The molecule has 1 aromatic carbocycles. The first-order valence-electron chi connectivity index (χ1n) is 11.9. The highest BCUT2D eigenvalue weighted by molar-refractivity contribution is 5.97. The van der Waals surface area contributed by atoms with Gasteiger partial charge in [0, 0.05) is 54.9 Å². The fourth-order valence-corrected chi connectivity index (χ4v) is 4.96. The predicted molar refractivity (Wildman–Crippen MR) is 131 cm³/mol. The zero-order chi connectivity index (χ0) is 23.5. The second-order valence-electron chi connectivity index (χ2n) is 8.97. The summed E-state index contributed by atoms with van der Waals surface area (Å²) in [6.45, 7) is 2.97. The molecule has 1 saturated heterocycles. The molecule has 0 radical (unpaired) electrons. The Labute approximate surface area is 199 Å². The smallest absolute Gasteiger partial charge is 0.248 e. The summed E-state index contributed by atoms with van der Waals surface area (Å²) < 4.78 is 19.5. The molecule has 2 N–H and O–H groups in total. The summed E-state index contributed by atoms with van der Waals surface area (Å²) in [4.78, 5) is 14.1. The van der Waals surface area contributed by atoms with Gasteiger partial charge in [0.25, 0.3) is 0 Å². The van der Waals surface area contributed by atoms with Gasteiger partial charge in [-0.05, 0) is 55.3 Å². The van der Waals surface area contributed by atoms with Crippen LogP contribution in [0.4, 0.5) is 0 Å². The van der Waals surface area contributed by atoms with Crippen LogP contribution in [0.1, 0.15) is 48.5 Å². The van der Waals surface area contributed by atoms with E-state index in [-0.39, 0.29) is 5.91 Å². The lowest BCUT2D eigenvalue weighted by molar-refractivity contribution is 0.100. The third-order valence-electron chi connectivity index (χ3n) is 6.91. The first-order valence-corrected chi connectivity index (χ1v) is 11.9. The number of aromatic nitrogens is 1. The van der Waals surface area contributed by atoms with E-state index < -0.39 is 0 Å². The summed E-state index contributed by atoms with van der Waals surface area (Å²) in [5, 5.41) is 1.14. The van der Waals surface area contributed by atoms with Crippen LogP contribution >= 0.6 is 0 Å². The molecule has 0 unspecified atom stereocenters. The van der Waals surface area contributed by atoms with Crippen LogP contribution in [0.5, 0.6) is 0 Å². The van der Waals surface area contributed by atoms with Gasteiger partial charge in [0.2, 0.25) is 5.91 Å². The number of hydrogen-bond acceptors (Lipinski definition) is 5. The number of ether oxygens (including phenoxy) is 3. The minimum atomic E-state index is -0.388. The fraction of sp³-hybridized carbons (Fsp3) is 0.370. The largest absolute Gasteiger partial charge is 0.496 e. The number of allylic oxidation sites excluding steroid dienone is 3. The van der Waals surface area contributed by atoms with Crippen molar-refractivity contribution in [1.29, 1.82) is 0 Å². The van der Waals surface area contributed by atoms with Crippen molar-refractivity contribution in [3.63, 3.8) is 0 Å². The van der Waals surface area contributed by atoms with Crippen LogP contribution in [-0.4, -0.2) is 42.1 Å². The number of carbonyl (C=O) groups is 1. The summed E-state index contributed by atoms with van der Waals surface area (Å²) in [6, 6.07) is 8.20. The van der Waals surface area contributed by atoms with E-state index in [0.717, 1.165) is 85.5 Å². The normalized spacial score (nSPS) is 19.4. The van der Waals surface area contributed by atoms with Crippen molar-refractivity contribution in [3.05, 3.63) is 83.6 Å². The molecule has 1 fully saturated rings.